The fraction of sp³-hybridized carbons (Fsp3) is 0.308. The van der Waals surface area contributed by atoms with Crippen LogP contribution in [-0.4, -0.2) is 24.2 Å². The van der Waals surface area contributed by atoms with Crippen molar-refractivity contribution in [3.05, 3.63) is 28.1 Å². The van der Waals surface area contributed by atoms with Crippen molar-refractivity contribution in [1.29, 1.82) is 0 Å². The lowest BCUT2D eigenvalue weighted by molar-refractivity contribution is 0.355. The largest absolute Gasteiger partial charge is 0.493 e. The summed E-state index contributed by atoms with van der Waals surface area (Å²) in [5.74, 6) is 2.11. The predicted molar refractivity (Wildman–Crippen MR) is 77.5 cm³/mol. The Balaban J connectivity index is 2.58. The van der Waals surface area contributed by atoms with Crippen LogP contribution in [0.15, 0.2) is 16.7 Å². The first kappa shape index (κ1) is 13.9. The molecular weight excluding hydrogens is 310 g/mol. The maximum atomic E-state index is 5.59. The Labute approximate surface area is 120 Å². The number of hydrogen-bond acceptors (Lipinski definition) is 4. The highest BCUT2D eigenvalue weighted by Crippen LogP contribution is 2.37. The van der Waals surface area contributed by atoms with E-state index in [1.165, 1.54) is 0 Å². The lowest BCUT2D eigenvalue weighted by Gasteiger charge is -2.11. The smallest absolute Gasteiger partial charge is 0.161 e. The normalized spacial score (nSPS) is 10.6. The lowest BCUT2D eigenvalue weighted by atomic mass is 10.1. The number of nitrogens with two attached hydrogens (primary N) is 1. The molecule has 19 heavy (non-hydrogen) atoms. The van der Waals surface area contributed by atoms with Crippen LogP contribution in [-0.2, 0) is 6.54 Å². The molecular formula is C13H16BrN3O2. The molecule has 2 aromatic rings. The molecule has 0 amide bonds. The van der Waals surface area contributed by atoms with Gasteiger partial charge in [-0.15, -0.1) is 0 Å². The molecule has 1 aromatic carbocycles. The van der Waals surface area contributed by atoms with Gasteiger partial charge in [0.2, 0.25) is 0 Å². The van der Waals surface area contributed by atoms with E-state index in [0.29, 0.717) is 18.0 Å². The average Bonchev–Trinajstić information content (AvgIpc) is 2.79. The number of nitrogens with zero attached hydrogens (tertiary/aromatic N) is 1. The van der Waals surface area contributed by atoms with Crippen LogP contribution >= 0.6 is 15.9 Å². The Morgan fingerprint density at radius 3 is 2.42 bits per heavy atom. The van der Waals surface area contributed by atoms with Gasteiger partial charge in [-0.2, -0.15) is 0 Å². The first-order valence-corrected chi connectivity index (χ1v) is 6.57. The zero-order valence-electron chi connectivity index (χ0n) is 11.1. The van der Waals surface area contributed by atoms with Crippen molar-refractivity contribution in [1.82, 2.24) is 9.97 Å². The van der Waals surface area contributed by atoms with Crippen LogP contribution in [0.4, 0.5) is 0 Å². The number of imidazole rings is 1. The molecule has 0 unspecified atom stereocenters. The first-order valence-electron chi connectivity index (χ1n) is 5.78. The molecule has 0 saturated heterocycles. The highest BCUT2D eigenvalue weighted by atomic mass is 79.9. The molecule has 102 valence electrons. The number of ether oxygens (including phenoxy) is 2. The van der Waals surface area contributed by atoms with Crippen LogP contribution in [0.3, 0.4) is 0 Å². The van der Waals surface area contributed by atoms with E-state index in [-0.39, 0.29) is 0 Å². The number of aromatic amines is 1. The van der Waals surface area contributed by atoms with E-state index in [4.69, 9.17) is 15.2 Å². The van der Waals surface area contributed by atoms with Crippen LogP contribution in [0.2, 0.25) is 0 Å². The van der Waals surface area contributed by atoms with Crippen molar-refractivity contribution in [2.45, 2.75) is 13.5 Å². The van der Waals surface area contributed by atoms with E-state index in [9.17, 15) is 0 Å². The van der Waals surface area contributed by atoms with Gasteiger partial charge in [0, 0.05) is 5.56 Å². The molecule has 0 radical (unpaired) electrons. The van der Waals surface area contributed by atoms with Crippen LogP contribution in [0, 0.1) is 6.92 Å². The summed E-state index contributed by atoms with van der Waals surface area (Å²) < 4.78 is 11.4. The van der Waals surface area contributed by atoms with Crippen LogP contribution < -0.4 is 15.2 Å². The summed E-state index contributed by atoms with van der Waals surface area (Å²) in [7, 11) is 3.23. The van der Waals surface area contributed by atoms with Gasteiger partial charge in [0.1, 0.15) is 16.1 Å². The maximum absolute atomic E-state index is 5.59. The third kappa shape index (κ3) is 2.59. The van der Waals surface area contributed by atoms with Gasteiger partial charge in [-0.25, -0.2) is 4.98 Å². The molecule has 1 heterocycles. The number of rotatable bonds is 4. The number of hydrogen-bond donors (Lipinski definition) is 2. The Morgan fingerprint density at radius 2 is 1.89 bits per heavy atom. The van der Waals surface area contributed by atoms with Gasteiger partial charge in [-0.1, -0.05) is 0 Å². The second-order valence-electron chi connectivity index (χ2n) is 4.07. The standard InChI is InChI=1S/C13H16BrN3O2/c1-7-4-9(18-2)10(19-3)5-8(7)12-13(14)17-11(6-15)16-12/h4-5H,6,15H2,1-3H3,(H,16,17). The summed E-state index contributed by atoms with van der Waals surface area (Å²) >= 11 is 3.47. The predicted octanol–water partition coefficient (Wildman–Crippen LogP) is 2.62. The zero-order valence-corrected chi connectivity index (χ0v) is 12.7. The monoisotopic (exact) mass is 325 g/mol. The Morgan fingerprint density at radius 1 is 1.26 bits per heavy atom. The van der Waals surface area contributed by atoms with Crippen molar-refractivity contribution < 1.29 is 9.47 Å². The van der Waals surface area contributed by atoms with Gasteiger partial charge in [0.15, 0.2) is 11.5 Å². The summed E-state index contributed by atoms with van der Waals surface area (Å²) in [4.78, 5) is 7.56. The number of benzene rings is 1. The minimum Gasteiger partial charge on any atom is -0.493 e. The van der Waals surface area contributed by atoms with Gasteiger partial charge in [-0.3, -0.25) is 0 Å². The SMILES string of the molecule is COc1cc(C)c(-c2nc(CN)[nH]c2Br)cc1OC. The number of aryl methyl sites for hydroxylation is 1. The fourth-order valence-electron chi connectivity index (χ4n) is 1.91. The molecule has 2 rings (SSSR count). The van der Waals surface area contributed by atoms with Crippen LogP contribution in [0.25, 0.3) is 11.3 Å². The highest BCUT2D eigenvalue weighted by Gasteiger charge is 2.15. The highest BCUT2D eigenvalue weighted by molar-refractivity contribution is 9.10. The fourth-order valence-corrected chi connectivity index (χ4v) is 2.44. The summed E-state index contributed by atoms with van der Waals surface area (Å²) in [5, 5.41) is 0. The van der Waals surface area contributed by atoms with E-state index in [1.54, 1.807) is 14.2 Å². The van der Waals surface area contributed by atoms with Crippen LogP contribution in [0.1, 0.15) is 11.4 Å². The second kappa shape index (κ2) is 5.63. The molecule has 0 fully saturated rings. The Hall–Kier alpha value is -1.53. The van der Waals surface area contributed by atoms with Gasteiger partial charge in [0.05, 0.1) is 20.8 Å². The molecule has 0 bridgehead atoms. The number of H-pyrrole nitrogens is 1. The minimum absolute atomic E-state index is 0.366. The molecule has 0 aliphatic heterocycles. The number of aromatic nitrogens is 2. The van der Waals surface area contributed by atoms with Crippen molar-refractivity contribution >= 4 is 15.9 Å². The summed E-state index contributed by atoms with van der Waals surface area (Å²) in [6.45, 7) is 2.37. The first-order chi connectivity index (χ1) is 9.10. The number of halogens is 1. The number of nitrogens with one attached hydrogen (secondary N) is 1. The third-order valence-electron chi connectivity index (χ3n) is 2.89. The molecule has 0 spiro atoms. The van der Waals surface area contributed by atoms with Gasteiger partial charge in [0.25, 0.3) is 0 Å². The average molecular weight is 326 g/mol. The second-order valence-corrected chi connectivity index (χ2v) is 4.87. The van der Waals surface area contributed by atoms with Gasteiger partial charge in [-0.05, 0) is 40.5 Å². The molecule has 3 N–H and O–H groups in total. The quantitative estimate of drug-likeness (QED) is 0.906. The van der Waals surface area contributed by atoms with E-state index in [0.717, 1.165) is 27.2 Å². The van der Waals surface area contributed by atoms with Crippen molar-refractivity contribution in [2.75, 3.05) is 14.2 Å². The molecule has 0 saturated carbocycles. The number of methoxy groups -OCH3 is 2. The van der Waals surface area contributed by atoms with Crippen molar-refractivity contribution in [2.24, 2.45) is 5.73 Å². The minimum atomic E-state index is 0.366. The van der Waals surface area contributed by atoms with E-state index < -0.39 is 0 Å². The topological polar surface area (TPSA) is 73.2 Å². The van der Waals surface area contributed by atoms with Gasteiger partial charge >= 0.3 is 0 Å². The molecule has 0 aliphatic carbocycles. The molecule has 0 atom stereocenters. The van der Waals surface area contributed by atoms with Crippen molar-refractivity contribution in [3.8, 4) is 22.8 Å². The Bertz CT molecular complexity index is 596. The molecule has 0 aliphatic rings. The third-order valence-corrected chi connectivity index (χ3v) is 3.46. The van der Waals surface area contributed by atoms with E-state index in [2.05, 4.69) is 25.9 Å². The zero-order chi connectivity index (χ0) is 14.0. The van der Waals surface area contributed by atoms with Crippen LogP contribution in [0.5, 0.6) is 11.5 Å². The van der Waals surface area contributed by atoms with Gasteiger partial charge < -0.3 is 20.2 Å². The molecule has 5 nitrogen and oxygen atoms in total. The molecule has 1 aromatic heterocycles. The maximum Gasteiger partial charge on any atom is 0.161 e. The van der Waals surface area contributed by atoms with E-state index in [1.807, 2.05) is 19.1 Å². The van der Waals surface area contributed by atoms with E-state index >= 15 is 0 Å². The molecule has 6 heteroatoms. The lowest BCUT2D eigenvalue weighted by Crippen LogP contribution is -1.98. The Kier molecular flexibility index (Phi) is 4.11. The van der Waals surface area contributed by atoms with Crippen molar-refractivity contribution in [3.63, 3.8) is 0 Å². The summed E-state index contributed by atoms with van der Waals surface area (Å²) in [6.07, 6.45) is 0. The summed E-state index contributed by atoms with van der Waals surface area (Å²) in [5.41, 5.74) is 8.43. The summed E-state index contributed by atoms with van der Waals surface area (Å²) in [6, 6.07) is 3.84.